The van der Waals surface area contributed by atoms with Gasteiger partial charge in [0.15, 0.2) is 6.61 Å². The van der Waals surface area contributed by atoms with Crippen molar-refractivity contribution in [2.75, 3.05) is 27.4 Å². The minimum Gasteiger partial charge on any atom is -0.497 e. The van der Waals surface area contributed by atoms with Gasteiger partial charge in [0.05, 0.1) is 32.8 Å². The molecule has 0 unspecified atom stereocenters. The number of aryl methyl sites for hydroxylation is 1. The first-order valence-corrected chi connectivity index (χ1v) is 8.14. The summed E-state index contributed by atoms with van der Waals surface area (Å²) in [7, 11) is 2.98. The Morgan fingerprint density at radius 1 is 0.923 bits per heavy atom. The van der Waals surface area contributed by atoms with E-state index in [0.717, 1.165) is 5.56 Å². The fraction of sp³-hybridized carbons (Fsp3) is 0.300. The van der Waals surface area contributed by atoms with Crippen LogP contribution in [-0.4, -0.2) is 39.2 Å². The van der Waals surface area contributed by atoms with Gasteiger partial charge in [-0.1, -0.05) is 17.7 Å². The maximum atomic E-state index is 12.2. The van der Waals surface area contributed by atoms with Crippen molar-refractivity contribution < 1.29 is 28.5 Å². The largest absolute Gasteiger partial charge is 0.497 e. The third kappa shape index (κ3) is 5.51. The fourth-order valence-corrected chi connectivity index (χ4v) is 2.21. The molecule has 0 fully saturated rings. The molecular formula is C20H22O6. The van der Waals surface area contributed by atoms with E-state index in [4.69, 9.17) is 18.9 Å². The van der Waals surface area contributed by atoms with Crippen molar-refractivity contribution in [2.45, 2.75) is 13.3 Å². The Labute approximate surface area is 152 Å². The summed E-state index contributed by atoms with van der Waals surface area (Å²) < 4.78 is 20.7. The Kier molecular flexibility index (Phi) is 7.02. The first-order chi connectivity index (χ1) is 12.5. The molecule has 138 valence electrons. The fourth-order valence-electron chi connectivity index (χ4n) is 2.21. The van der Waals surface area contributed by atoms with Gasteiger partial charge in [0.1, 0.15) is 17.2 Å². The second-order valence-electron chi connectivity index (χ2n) is 5.56. The van der Waals surface area contributed by atoms with Gasteiger partial charge in [-0.15, -0.1) is 0 Å². The highest BCUT2D eigenvalue weighted by atomic mass is 16.5. The van der Waals surface area contributed by atoms with Crippen molar-refractivity contribution in [2.24, 2.45) is 0 Å². The predicted molar refractivity (Wildman–Crippen MR) is 96.1 cm³/mol. The minimum atomic E-state index is -0.502. The lowest BCUT2D eigenvalue weighted by Crippen LogP contribution is -2.16. The van der Waals surface area contributed by atoms with Gasteiger partial charge in [-0.25, -0.2) is 0 Å². The van der Waals surface area contributed by atoms with Crippen LogP contribution in [0.5, 0.6) is 17.2 Å². The van der Waals surface area contributed by atoms with Crippen LogP contribution in [0, 0.1) is 6.92 Å². The maximum absolute atomic E-state index is 12.2. The van der Waals surface area contributed by atoms with E-state index in [1.807, 2.05) is 31.2 Å². The Morgan fingerprint density at radius 3 is 2.27 bits per heavy atom. The first-order valence-electron chi connectivity index (χ1n) is 8.14. The summed E-state index contributed by atoms with van der Waals surface area (Å²) in [6.45, 7) is 1.81. The average molecular weight is 358 g/mol. The molecule has 0 heterocycles. The molecule has 0 aliphatic carbocycles. The smallest absolute Gasteiger partial charge is 0.309 e. The summed E-state index contributed by atoms with van der Waals surface area (Å²) in [6.07, 6.45) is 0.0565. The quantitative estimate of drug-likeness (QED) is 0.506. The van der Waals surface area contributed by atoms with Gasteiger partial charge >= 0.3 is 5.97 Å². The topological polar surface area (TPSA) is 71.1 Å². The van der Waals surface area contributed by atoms with Crippen LogP contribution in [0.1, 0.15) is 22.3 Å². The van der Waals surface area contributed by atoms with Gasteiger partial charge in [-0.05, 0) is 31.2 Å². The number of carbonyl (C=O) groups excluding carboxylic acids is 2. The number of carbonyl (C=O) groups is 2. The number of ether oxygens (including phenoxy) is 4. The van der Waals surface area contributed by atoms with Crippen LogP contribution >= 0.6 is 0 Å². The maximum Gasteiger partial charge on any atom is 0.309 e. The van der Waals surface area contributed by atoms with E-state index in [0.29, 0.717) is 22.8 Å². The number of hydrogen-bond donors (Lipinski definition) is 0. The molecular weight excluding hydrogens is 336 g/mol. The molecule has 0 aliphatic heterocycles. The van der Waals surface area contributed by atoms with E-state index in [1.165, 1.54) is 14.2 Å². The van der Waals surface area contributed by atoms with Gasteiger partial charge in [0.25, 0.3) is 0 Å². The zero-order valence-corrected chi connectivity index (χ0v) is 15.1. The third-order valence-corrected chi connectivity index (χ3v) is 3.67. The van der Waals surface area contributed by atoms with E-state index in [1.54, 1.807) is 18.2 Å². The minimum absolute atomic E-state index is 0.0565. The normalized spacial score (nSPS) is 10.1. The molecule has 0 saturated heterocycles. The molecule has 0 N–H and O–H groups in total. The second-order valence-corrected chi connectivity index (χ2v) is 5.56. The molecule has 0 atom stereocenters. The number of benzene rings is 2. The van der Waals surface area contributed by atoms with E-state index in [-0.39, 0.29) is 25.4 Å². The van der Waals surface area contributed by atoms with Crippen LogP contribution in [0.4, 0.5) is 0 Å². The molecule has 6 nitrogen and oxygen atoms in total. The van der Waals surface area contributed by atoms with E-state index >= 15 is 0 Å². The molecule has 0 bridgehead atoms. The summed E-state index contributed by atoms with van der Waals surface area (Å²) >= 11 is 0. The Morgan fingerprint density at radius 2 is 1.62 bits per heavy atom. The first kappa shape index (κ1) is 19.3. The third-order valence-electron chi connectivity index (χ3n) is 3.67. The van der Waals surface area contributed by atoms with Gasteiger partial charge in [0, 0.05) is 6.07 Å². The van der Waals surface area contributed by atoms with Crippen molar-refractivity contribution in [3.8, 4) is 17.2 Å². The number of Topliss-reactive ketones (excluding diaryl/α,β-unsaturated/α-hetero) is 1. The Balaban J connectivity index is 1.79. The van der Waals surface area contributed by atoms with Gasteiger partial charge in [-0.2, -0.15) is 0 Å². The molecule has 2 aromatic carbocycles. The standard InChI is InChI=1S/C20H22O6/c1-14-4-6-15(7-5-14)25-11-10-20(22)26-13-18(21)17-9-8-16(23-2)12-19(17)24-3/h4-9,12H,10-11,13H2,1-3H3. The van der Waals surface area contributed by atoms with Crippen LogP contribution in [0.15, 0.2) is 42.5 Å². The predicted octanol–water partition coefficient (Wildman–Crippen LogP) is 3.21. The number of ketones is 1. The molecule has 0 aliphatic rings. The highest BCUT2D eigenvalue weighted by Crippen LogP contribution is 2.25. The van der Waals surface area contributed by atoms with E-state index < -0.39 is 5.97 Å². The lowest BCUT2D eigenvalue weighted by Gasteiger charge is -2.10. The van der Waals surface area contributed by atoms with Crippen molar-refractivity contribution >= 4 is 11.8 Å². The molecule has 6 heteroatoms. The second kappa shape index (κ2) is 9.46. The molecule has 2 rings (SSSR count). The van der Waals surface area contributed by atoms with Crippen molar-refractivity contribution in [1.82, 2.24) is 0 Å². The molecule has 0 aromatic heterocycles. The lowest BCUT2D eigenvalue weighted by atomic mass is 10.1. The molecule has 0 saturated carbocycles. The molecule has 26 heavy (non-hydrogen) atoms. The molecule has 0 radical (unpaired) electrons. The lowest BCUT2D eigenvalue weighted by molar-refractivity contribution is -0.143. The Hall–Kier alpha value is -3.02. The van der Waals surface area contributed by atoms with Crippen LogP contribution in [0.25, 0.3) is 0 Å². The summed E-state index contributed by atoms with van der Waals surface area (Å²) in [5, 5.41) is 0. The summed E-state index contributed by atoms with van der Waals surface area (Å²) in [5.74, 6) is 0.773. The highest BCUT2D eigenvalue weighted by Gasteiger charge is 2.15. The van der Waals surface area contributed by atoms with Crippen LogP contribution < -0.4 is 14.2 Å². The van der Waals surface area contributed by atoms with Crippen molar-refractivity contribution in [3.05, 3.63) is 53.6 Å². The monoisotopic (exact) mass is 358 g/mol. The summed E-state index contributed by atoms with van der Waals surface area (Å²) in [5.41, 5.74) is 1.46. The SMILES string of the molecule is COc1ccc(C(=O)COC(=O)CCOc2ccc(C)cc2)c(OC)c1. The van der Waals surface area contributed by atoms with E-state index in [9.17, 15) is 9.59 Å². The van der Waals surface area contributed by atoms with Crippen LogP contribution in [0.2, 0.25) is 0 Å². The number of hydrogen-bond acceptors (Lipinski definition) is 6. The number of rotatable bonds is 9. The summed E-state index contributed by atoms with van der Waals surface area (Å²) in [6, 6.07) is 12.3. The number of esters is 1. The number of methoxy groups -OCH3 is 2. The van der Waals surface area contributed by atoms with Crippen molar-refractivity contribution in [1.29, 1.82) is 0 Å². The van der Waals surface area contributed by atoms with Crippen molar-refractivity contribution in [3.63, 3.8) is 0 Å². The molecule has 0 spiro atoms. The van der Waals surface area contributed by atoms with Crippen LogP contribution in [0.3, 0.4) is 0 Å². The zero-order chi connectivity index (χ0) is 18.9. The van der Waals surface area contributed by atoms with Gasteiger partial charge in [0.2, 0.25) is 5.78 Å². The highest BCUT2D eigenvalue weighted by molar-refractivity contribution is 6.00. The van der Waals surface area contributed by atoms with E-state index in [2.05, 4.69) is 0 Å². The average Bonchev–Trinajstić information content (AvgIpc) is 2.67. The van der Waals surface area contributed by atoms with Crippen LogP contribution in [-0.2, 0) is 9.53 Å². The summed E-state index contributed by atoms with van der Waals surface area (Å²) in [4.78, 5) is 24.0. The van der Waals surface area contributed by atoms with Gasteiger partial charge < -0.3 is 18.9 Å². The molecule has 2 aromatic rings. The zero-order valence-electron chi connectivity index (χ0n) is 15.1. The molecule has 0 amide bonds. The Bertz CT molecular complexity index is 751. The van der Waals surface area contributed by atoms with Gasteiger partial charge in [-0.3, -0.25) is 9.59 Å².